The molecule has 72 valence electrons. The second-order valence-electron chi connectivity index (χ2n) is 2.99. The van der Waals surface area contributed by atoms with Crippen molar-refractivity contribution >= 4 is 22.5 Å². The Labute approximate surface area is 87.0 Å². The summed E-state index contributed by atoms with van der Waals surface area (Å²) in [5.74, 6) is 1.60. The third-order valence-corrected chi connectivity index (χ3v) is 3.13. The predicted octanol–water partition coefficient (Wildman–Crippen LogP) is 2.35. The third-order valence-electron chi connectivity index (χ3n) is 2.04. The van der Waals surface area contributed by atoms with Crippen molar-refractivity contribution in [3.8, 4) is 5.75 Å². The molecule has 1 heterocycles. The second-order valence-corrected chi connectivity index (χ2v) is 4.01. The van der Waals surface area contributed by atoms with Crippen LogP contribution in [0.2, 0.25) is 0 Å². The summed E-state index contributed by atoms with van der Waals surface area (Å²) >= 11 is 1.59. The first kappa shape index (κ1) is 9.34. The quantitative estimate of drug-likeness (QED) is 0.743. The smallest absolute Gasteiger partial charge is 0.167 e. The van der Waals surface area contributed by atoms with E-state index in [-0.39, 0.29) is 5.78 Å². The summed E-state index contributed by atoms with van der Waals surface area (Å²) in [4.78, 5) is 12.1. The van der Waals surface area contributed by atoms with Crippen LogP contribution in [-0.4, -0.2) is 18.6 Å². The standard InChI is InChI=1S/C11H10O2S/c1-13-10-4-2-8(3-5-10)11-6-9(12)7-14-11/h2-6H,7H2,1H3. The molecule has 0 saturated carbocycles. The summed E-state index contributed by atoms with van der Waals surface area (Å²) in [6.07, 6.45) is 1.70. The molecule has 0 saturated heterocycles. The van der Waals surface area contributed by atoms with E-state index in [0.717, 1.165) is 16.2 Å². The van der Waals surface area contributed by atoms with Crippen LogP contribution in [-0.2, 0) is 4.79 Å². The van der Waals surface area contributed by atoms with Gasteiger partial charge in [0.2, 0.25) is 0 Å². The summed E-state index contributed by atoms with van der Waals surface area (Å²) in [5.41, 5.74) is 1.08. The molecule has 0 N–H and O–H groups in total. The molecule has 0 unspecified atom stereocenters. The number of methoxy groups -OCH3 is 1. The molecule has 0 radical (unpaired) electrons. The molecular formula is C11H10O2S. The van der Waals surface area contributed by atoms with Gasteiger partial charge in [0.25, 0.3) is 0 Å². The Morgan fingerprint density at radius 1 is 1.29 bits per heavy atom. The fourth-order valence-corrected chi connectivity index (χ4v) is 2.20. The minimum absolute atomic E-state index is 0.195. The van der Waals surface area contributed by atoms with E-state index in [1.165, 1.54) is 0 Å². The highest BCUT2D eigenvalue weighted by Crippen LogP contribution is 2.32. The molecule has 2 rings (SSSR count). The van der Waals surface area contributed by atoms with Gasteiger partial charge in [0.05, 0.1) is 12.9 Å². The maximum Gasteiger partial charge on any atom is 0.167 e. The zero-order valence-electron chi connectivity index (χ0n) is 7.82. The molecule has 1 aliphatic heterocycles. The number of allylic oxidation sites excluding steroid dienone is 1. The maximum absolute atomic E-state index is 11.0. The van der Waals surface area contributed by atoms with Gasteiger partial charge in [-0.1, -0.05) is 12.1 Å². The Kier molecular flexibility index (Phi) is 2.59. The van der Waals surface area contributed by atoms with Gasteiger partial charge in [-0.15, -0.1) is 11.8 Å². The van der Waals surface area contributed by atoms with Crippen molar-refractivity contribution in [2.24, 2.45) is 0 Å². The lowest BCUT2D eigenvalue weighted by atomic mass is 10.2. The average Bonchev–Trinajstić information content (AvgIpc) is 2.65. The molecule has 1 aromatic rings. The van der Waals surface area contributed by atoms with Crippen LogP contribution < -0.4 is 4.74 Å². The van der Waals surface area contributed by atoms with Crippen LogP contribution in [0.15, 0.2) is 30.3 Å². The van der Waals surface area contributed by atoms with Gasteiger partial charge in [-0.05, 0) is 23.8 Å². The summed E-state index contributed by atoms with van der Waals surface area (Å²) in [5, 5.41) is 0. The zero-order valence-corrected chi connectivity index (χ0v) is 8.64. The highest BCUT2D eigenvalue weighted by atomic mass is 32.2. The summed E-state index contributed by atoms with van der Waals surface area (Å²) in [7, 11) is 1.64. The molecule has 0 atom stereocenters. The molecule has 1 aromatic carbocycles. The molecule has 0 aromatic heterocycles. The molecular weight excluding hydrogens is 196 g/mol. The van der Waals surface area contributed by atoms with E-state index in [1.54, 1.807) is 24.9 Å². The number of hydrogen-bond acceptors (Lipinski definition) is 3. The van der Waals surface area contributed by atoms with Crippen LogP contribution in [0.25, 0.3) is 4.91 Å². The van der Waals surface area contributed by atoms with Gasteiger partial charge in [0, 0.05) is 4.91 Å². The molecule has 0 aliphatic carbocycles. The van der Waals surface area contributed by atoms with E-state index in [0.29, 0.717) is 5.75 Å². The van der Waals surface area contributed by atoms with E-state index in [4.69, 9.17) is 4.74 Å². The van der Waals surface area contributed by atoms with E-state index in [9.17, 15) is 4.79 Å². The SMILES string of the molecule is COc1ccc(C2=CC(=O)CS2)cc1. The largest absolute Gasteiger partial charge is 0.497 e. The van der Waals surface area contributed by atoms with E-state index in [2.05, 4.69) is 0 Å². The van der Waals surface area contributed by atoms with E-state index in [1.807, 2.05) is 24.3 Å². The highest BCUT2D eigenvalue weighted by Gasteiger charge is 2.13. The maximum atomic E-state index is 11.0. The first-order valence-electron chi connectivity index (χ1n) is 4.31. The average molecular weight is 206 g/mol. The fourth-order valence-electron chi connectivity index (χ4n) is 1.30. The number of benzene rings is 1. The first-order chi connectivity index (χ1) is 6.79. The number of hydrogen-bond donors (Lipinski definition) is 0. The lowest BCUT2D eigenvalue weighted by molar-refractivity contribution is -0.112. The van der Waals surface area contributed by atoms with Crippen LogP contribution >= 0.6 is 11.8 Å². The number of ketones is 1. The molecule has 0 bridgehead atoms. The number of carbonyl (C=O) groups is 1. The Balaban J connectivity index is 2.25. The molecule has 0 amide bonds. The van der Waals surface area contributed by atoms with Gasteiger partial charge in [-0.2, -0.15) is 0 Å². The molecule has 2 nitrogen and oxygen atoms in total. The lowest BCUT2D eigenvalue weighted by Crippen LogP contribution is -1.86. The fraction of sp³-hybridized carbons (Fsp3) is 0.182. The Hall–Kier alpha value is -1.22. The normalized spacial score (nSPS) is 15.5. The van der Waals surface area contributed by atoms with Crippen molar-refractivity contribution in [3.63, 3.8) is 0 Å². The van der Waals surface area contributed by atoms with Crippen LogP contribution in [0.3, 0.4) is 0 Å². The van der Waals surface area contributed by atoms with Crippen molar-refractivity contribution < 1.29 is 9.53 Å². The van der Waals surface area contributed by atoms with Crippen molar-refractivity contribution in [2.75, 3.05) is 12.9 Å². The second kappa shape index (κ2) is 3.88. The van der Waals surface area contributed by atoms with Gasteiger partial charge in [0.1, 0.15) is 5.75 Å². The lowest BCUT2D eigenvalue weighted by Gasteiger charge is -2.02. The van der Waals surface area contributed by atoms with E-state index >= 15 is 0 Å². The van der Waals surface area contributed by atoms with Crippen molar-refractivity contribution in [1.29, 1.82) is 0 Å². The highest BCUT2D eigenvalue weighted by molar-refractivity contribution is 8.09. The summed E-state index contributed by atoms with van der Waals surface area (Å²) in [6.45, 7) is 0. The minimum Gasteiger partial charge on any atom is -0.497 e. The monoisotopic (exact) mass is 206 g/mol. The topological polar surface area (TPSA) is 26.3 Å². The van der Waals surface area contributed by atoms with Gasteiger partial charge in [-0.25, -0.2) is 0 Å². The molecule has 3 heteroatoms. The van der Waals surface area contributed by atoms with Crippen LogP contribution in [0.5, 0.6) is 5.75 Å². The van der Waals surface area contributed by atoms with Gasteiger partial charge in [-0.3, -0.25) is 4.79 Å². The molecule has 14 heavy (non-hydrogen) atoms. The number of carbonyl (C=O) groups excluding carboxylic acids is 1. The van der Waals surface area contributed by atoms with Gasteiger partial charge < -0.3 is 4.74 Å². The van der Waals surface area contributed by atoms with E-state index < -0.39 is 0 Å². The Morgan fingerprint density at radius 3 is 2.50 bits per heavy atom. The van der Waals surface area contributed by atoms with Crippen LogP contribution in [0.1, 0.15) is 5.56 Å². The van der Waals surface area contributed by atoms with Crippen molar-refractivity contribution in [1.82, 2.24) is 0 Å². The summed E-state index contributed by atoms with van der Waals surface area (Å²) in [6, 6.07) is 7.74. The number of ether oxygens (including phenoxy) is 1. The number of thioether (sulfide) groups is 1. The molecule has 1 aliphatic rings. The molecule has 0 spiro atoms. The van der Waals surface area contributed by atoms with Crippen LogP contribution in [0.4, 0.5) is 0 Å². The van der Waals surface area contributed by atoms with Crippen molar-refractivity contribution in [3.05, 3.63) is 35.9 Å². The first-order valence-corrected chi connectivity index (χ1v) is 5.30. The minimum atomic E-state index is 0.195. The third kappa shape index (κ3) is 1.82. The van der Waals surface area contributed by atoms with Gasteiger partial charge >= 0.3 is 0 Å². The van der Waals surface area contributed by atoms with Gasteiger partial charge in [0.15, 0.2) is 5.78 Å². The molecule has 0 fully saturated rings. The summed E-state index contributed by atoms with van der Waals surface area (Å²) < 4.78 is 5.06. The Morgan fingerprint density at radius 2 is 2.00 bits per heavy atom. The zero-order chi connectivity index (χ0) is 9.97. The predicted molar refractivity (Wildman–Crippen MR) is 58.4 cm³/mol. The van der Waals surface area contributed by atoms with Crippen LogP contribution in [0, 0.1) is 0 Å². The number of rotatable bonds is 2. The Bertz CT molecular complexity index is 379. The van der Waals surface area contributed by atoms with Crippen molar-refractivity contribution in [2.45, 2.75) is 0 Å².